The second-order valence-corrected chi connectivity index (χ2v) is 6.93. The molecule has 0 saturated heterocycles. The molecule has 0 radical (unpaired) electrons. The standard InChI is InChI=1S/C24H20N2O4/c1-30-18-13-11-17(12-14-18)22(16-7-3-2-4-8-16)25-21(27)15-26-23(28)19-9-5-6-10-20(19)24(26)29/h2-14,22H,15H2,1H3,(H,25,27)/t22-/m1/s1. The summed E-state index contributed by atoms with van der Waals surface area (Å²) in [5.74, 6) is -0.616. The molecule has 6 heteroatoms. The third kappa shape index (κ3) is 3.67. The van der Waals surface area contributed by atoms with E-state index in [1.165, 1.54) is 0 Å². The van der Waals surface area contributed by atoms with Crippen molar-refractivity contribution in [2.24, 2.45) is 0 Å². The van der Waals surface area contributed by atoms with Gasteiger partial charge in [0.2, 0.25) is 5.91 Å². The number of benzene rings is 3. The molecule has 3 aromatic carbocycles. The molecule has 3 amide bonds. The van der Waals surface area contributed by atoms with Gasteiger partial charge in [-0.25, -0.2) is 0 Å². The van der Waals surface area contributed by atoms with Crippen LogP contribution in [0.1, 0.15) is 37.9 Å². The van der Waals surface area contributed by atoms with Crippen LogP contribution in [0.25, 0.3) is 0 Å². The minimum Gasteiger partial charge on any atom is -0.497 e. The van der Waals surface area contributed by atoms with Crippen molar-refractivity contribution in [1.82, 2.24) is 10.2 Å². The Hall–Kier alpha value is -3.93. The van der Waals surface area contributed by atoms with Crippen LogP contribution in [-0.4, -0.2) is 36.3 Å². The number of amides is 3. The molecule has 6 nitrogen and oxygen atoms in total. The quantitative estimate of drug-likeness (QED) is 0.645. The van der Waals surface area contributed by atoms with Crippen LogP contribution in [-0.2, 0) is 4.79 Å². The number of methoxy groups -OCH3 is 1. The molecule has 1 aliphatic heterocycles. The number of hydrogen-bond donors (Lipinski definition) is 1. The molecule has 0 aliphatic carbocycles. The van der Waals surface area contributed by atoms with Crippen LogP contribution in [0.15, 0.2) is 78.9 Å². The Labute approximate surface area is 174 Å². The monoisotopic (exact) mass is 400 g/mol. The van der Waals surface area contributed by atoms with Gasteiger partial charge in [0.1, 0.15) is 12.3 Å². The summed E-state index contributed by atoms with van der Waals surface area (Å²) >= 11 is 0. The molecule has 30 heavy (non-hydrogen) atoms. The Morgan fingerprint density at radius 3 is 1.93 bits per heavy atom. The SMILES string of the molecule is COc1ccc([C@H](NC(=O)CN2C(=O)c3ccccc3C2=O)c2ccccc2)cc1. The van der Waals surface area contributed by atoms with E-state index in [1.807, 2.05) is 54.6 Å². The van der Waals surface area contributed by atoms with Crippen molar-refractivity contribution in [3.63, 3.8) is 0 Å². The van der Waals surface area contributed by atoms with Crippen LogP contribution in [0.2, 0.25) is 0 Å². The summed E-state index contributed by atoms with van der Waals surface area (Å²) in [6.07, 6.45) is 0. The first-order chi connectivity index (χ1) is 14.6. The third-order valence-electron chi connectivity index (χ3n) is 5.07. The highest BCUT2D eigenvalue weighted by molar-refractivity contribution is 6.22. The lowest BCUT2D eigenvalue weighted by atomic mass is 9.98. The van der Waals surface area contributed by atoms with Gasteiger partial charge in [-0.3, -0.25) is 19.3 Å². The molecule has 150 valence electrons. The summed E-state index contributed by atoms with van der Waals surface area (Å²) in [6, 6.07) is 23.1. The van der Waals surface area contributed by atoms with E-state index in [4.69, 9.17) is 4.74 Å². The van der Waals surface area contributed by atoms with Gasteiger partial charge < -0.3 is 10.1 Å². The molecule has 1 atom stereocenters. The van der Waals surface area contributed by atoms with Gasteiger partial charge in [-0.2, -0.15) is 0 Å². The summed E-state index contributed by atoms with van der Waals surface area (Å²) in [6.45, 7) is -0.341. The van der Waals surface area contributed by atoms with Crippen LogP contribution < -0.4 is 10.1 Å². The lowest BCUT2D eigenvalue weighted by Crippen LogP contribution is -2.41. The van der Waals surface area contributed by atoms with Gasteiger partial charge >= 0.3 is 0 Å². The summed E-state index contributed by atoms with van der Waals surface area (Å²) in [5.41, 5.74) is 2.39. The number of imide groups is 1. The minimum absolute atomic E-state index is 0.324. The molecule has 4 rings (SSSR count). The van der Waals surface area contributed by atoms with Gasteiger partial charge in [0.25, 0.3) is 11.8 Å². The Balaban J connectivity index is 1.55. The maximum Gasteiger partial charge on any atom is 0.262 e. The number of nitrogens with one attached hydrogen (secondary N) is 1. The maximum absolute atomic E-state index is 12.8. The van der Waals surface area contributed by atoms with Gasteiger partial charge in [-0.1, -0.05) is 54.6 Å². The molecule has 1 N–H and O–H groups in total. The van der Waals surface area contributed by atoms with Gasteiger partial charge in [-0.15, -0.1) is 0 Å². The molecule has 0 spiro atoms. The summed E-state index contributed by atoms with van der Waals surface area (Å²) in [5, 5.41) is 2.96. The molecule has 3 aromatic rings. The second-order valence-electron chi connectivity index (χ2n) is 6.93. The maximum atomic E-state index is 12.8. The number of nitrogens with zero attached hydrogens (tertiary/aromatic N) is 1. The highest BCUT2D eigenvalue weighted by atomic mass is 16.5. The number of ether oxygens (including phenoxy) is 1. The van der Waals surface area contributed by atoms with E-state index < -0.39 is 23.8 Å². The predicted molar refractivity (Wildman–Crippen MR) is 111 cm³/mol. The Morgan fingerprint density at radius 1 is 0.833 bits per heavy atom. The molecule has 0 bridgehead atoms. The molecule has 0 fully saturated rings. The lowest BCUT2D eigenvalue weighted by molar-refractivity contribution is -0.121. The van der Waals surface area contributed by atoms with E-state index in [-0.39, 0.29) is 6.54 Å². The minimum atomic E-state index is -0.452. The molecular weight excluding hydrogens is 380 g/mol. The average Bonchev–Trinajstić information content (AvgIpc) is 3.03. The number of carbonyl (C=O) groups excluding carboxylic acids is 3. The first-order valence-corrected chi connectivity index (χ1v) is 9.52. The van der Waals surface area contributed by atoms with Gasteiger partial charge in [0.15, 0.2) is 0 Å². The van der Waals surface area contributed by atoms with Crippen LogP contribution in [0.3, 0.4) is 0 Å². The topological polar surface area (TPSA) is 75.7 Å². The Morgan fingerprint density at radius 2 is 1.37 bits per heavy atom. The zero-order valence-electron chi connectivity index (χ0n) is 16.4. The smallest absolute Gasteiger partial charge is 0.262 e. The molecule has 1 heterocycles. The van der Waals surface area contributed by atoms with Crippen molar-refractivity contribution in [2.45, 2.75) is 6.04 Å². The van der Waals surface area contributed by atoms with E-state index >= 15 is 0 Å². The molecule has 1 aliphatic rings. The van der Waals surface area contributed by atoms with Gasteiger partial charge in [0.05, 0.1) is 24.3 Å². The predicted octanol–water partition coefficient (Wildman–Crippen LogP) is 3.20. The highest BCUT2D eigenvalue weighted by Gasteiger charge is 2.36. The van der Waals surface area contributed by atoms with E-state index in [1.54, 1.807) is 31.4 Å². The average molecular weight is 400 g/mol. The van der Waals surface area contributed by atoms with E-state index in [0.717, 1.165) is 16.0 Å². The van der Waals surface area contributed by atoms with Crippen molar-refractivity contribution in [3.8, 4) is 5.75 Å². The molecule has 0 aromatic heterocycles. The van der Waals surface area contributed by atoms with Crippen LogP contribution >= 0.6 is 0 Å². The summed E-state index contributed by atoms with van der Waals surface area (Å²) in [4.78, 5) is 38.9. The van der Waals surface area contributed by atoms with Crippen LogP contribution in [0.4, 0.5) is 0 Å². The first kappa shape index (κ1) is 19.4. The van der Waals surface area contributed by atoms with E-state index in [0.29, 0.717) is 16.9 Å². The Bertz CT molecular complexity index is 1060. The van der Waals surface area contributed by atoms with Gasteiger partial charge in [0, 0.05) is 0 Å². The number of carbonyl (C=O) groups is 3. The van der Waals surface area contributed by atoms with Crippen molar-refractivity contribution in [1.29, 1.82) is 0 Å². The number of hydrogen-bond acceptors (Lipinski definition) is 4. The summed E-state index contributed by atoms with van der Waals surface area (Å²) < 4.78 is 5.21. The third-order valence-corrected chi connectivity index (χ3v) is 5.07. The van der Waals surface area contributed by atoms with Crippen molar-refractivity contribution in [3.05, 3.63) is 101 Å². The van der Waals surface area contributed by atoms with Gasteiger partial charge in [-0.05, 0) is 35.4 Å². The normalized spacial score (nSPS) is 13.7. The fraction of sp³-hybridized carbons (Fsp3) is 0.125. The summed E-state index contributed by atoms with van der Waals surface area (Å²) in [7, 11) is 1.59. The van der Waals surface area contributed by atoms with Crippen molar-refractivity contribution < 1.29 is 19.1 Å². The highest BCUT2D eigenvalue weighted by Crippen LogP contribution is 2.25. The number of fused-ring (bicyclic) bond motifs is 1. The first-order valence-electron chi connectivity index (χ1n) is 9.52. The molecular formula is C24H20N2O4. The van der Waals surface area contributed by atoms with Crippen molar-refractivity contribution in [2.75, 3.05) is 13.7 Å². The fourth-order valence-electron chi connectivity index (χ4n) is 3.53. The second kappa shape index (κ2) is 8.21. The fourth-order valence-corrected chi connectivity index (χ4v) is 3.53. The van der Waals surface area contributed by atoms with Crippen LogP contribution in [0.5, 0.6) is 5.75 Å². The zero-order chi connectivity index (χ0) is 21.1. The zero-order valence-corrected chi connectivity index (χ0v) is 16.4. The van der Waals surface area contributed by atoms with Crippen molar-refractivity contribution >= 4 is 17.7 Å². The Kier molecular flexibility index (Phi) is 5.30. The molecule has 0 unspecified atom stereocenters. The lowest BCUT2D eigenvalue weighted by Gasteiger charge is -2.22. The molecule has 0 saturated carbocycles. The number of rotatable bonds is 6. The van der Waals surface area contributed by atoms with E-state index in [2.05, 4.69) is 5.32 Å². The largest absolute Gasteiger partial charge is 0.497 e. The van der Waals surface area contributed by atoms with Crippen LogP contribution in [0, 0.1) is 0 Å². The van der Waals surface area contributed by atoms with E-state index in [9.17, 15) is 14.4 Å².